The van der Waals surface area contributed by atoms with Crippen molar-refractivity contribution in [2.45, 2.75) is 24.3 Å². The number of alkyl halides is 8. The minimum absolute atomic E-state index is 0.360. The van der Waals surface area contributed by atoms with Gasteiger partial charge in [-0.1, -0.05) is 0 Å². The van der Waals surface area contributed by atoms with Gasteiger partial charge in [0.05, 0.1) is 0 Å². The Kier molecular flexibility index (Phi) is 3.10. The average Bonchev–Trinajstić information content (AvgIpc) is 2.67. The molecule has 0 fully saturated rings. The third-order valence-corrected chi connectivity index (χ3v) is 1.89. The van der Waals surface area contributed by atoms with Gasteiger partial charge in [-0.25, -0.2) is 4.39 Å². The van der Waals surface area contributed by atoms with Crippen molar-refractivity contribution >= 4 is 0 Å². The van der Waals surface area contributed by atoms with E-state index in [1.165, 1.54) is 0 Å². The first kappa shape index (κ1) is 13.7. The van der Waals surface area contributed by atoms with E-state index in [1.54, 1.807) is 0 Å². The Labute approximate surface area is 88.9 Å². The van der Waals surface area contributed by atoms with Gasteiger partial charge in [0.15, 0.2) is 0 Å². The summed E-state index contributed by atoms with van der Waals surface area (Å²) in [6.45, 7) is 0. The standard InChI is InChI=1S/C7H4F8N2/c8-4(5(9,10)7(13,14)15)6(11,12)17-2-1-16-3-17/h1-4H/p+1. The molecule has 1 heterocycles. The summed E-state index contributed by atoms with van der Waals surface area (Å²) in [5, 5.41) is 0. The van der Waals surface area contributed by atoms with Gasteiger partial charge in [0, 0.05) is 0 Å². The Bertz CT molecular complexity index is 368. The van der Waals surface area contributed by atoms with Crippen molar-refractivity contribution in [1.29, 1.82) is 0 Å². The largest absolute Gasteiger partial charge is 0.456 e. The number of nitrogens with one attached hydrogen (secondary N) is 1. The lowest BCUT2D eigenvalue weighted by Gasteiger charge is -2.26. The summed E-state index contributed by atoms with van der Waals surface area (Å²) in [6.07, 6.45) is -9.52. The van der Waals surface area contributed by atoms with Crippen LogP contribution in [0.5, 0.6) is 0 Å². The maximum atomic E-state index is 13.0. The highest BCUT2D eigenvalue weighted by Gasteiger charge is 2.72. The number of aromatic amines is 1. The molecule has 0 aromatic carbocycles. The zero-order chi connectivity index (χ0) is 13.5. The van der Waals surface area contributed by atoms with Gasteiger partial charge in [-0.15, -0.1) is 0 Å². The summed E-state index contributed by atoms with van der Waals surface area (Å²) in [6, 6.07) is -5.03. The number of H-pyrrole nitrogens is 1. The number of aromatic nitrogens is 2. The van der Waals surface area contributed by atoms with Crippen molar-refractivity contribution in [3.8, 4) is 0 Å². The van der Waals surface area contributed by atoms with Crippen molar-refractivity contribution < 1.29 is 39.7 Å². The molecule has 0 saturated carbocycles. The summed E-state index contributed by atoms with van der Waals surface area (Å²) in [4.78, 5) is 1.97. The van der Waals surface area contributed by atoms with Gasteiger partial charge in [0.1, 0.15) is 12.4 Å². The first-order valence-electron chi connectivity index (χ1n) is 4.02. The third-order valence-electron chi connectivity index (χ3n) is 1.89. The predicted octanol–water partition coefficient (Wildman–Crippen LogP) is 2.39. The molecule has 0 aliphatic heterocycles. The molecule has 0 spiro atoms. The van der Waals surface area contributed by atoms with Crippen LogP contribution in [0.15, 0.2) is 18.7 Å². The van der Waals surface area contributed by atoms with Crippen LogP contribution in [0.1, 0.15) is 0 Å². The summed E-state index contributed by atoms with van der Waals surface area (Å²) in [7, 11) is 0. The molecule has 0 saturated heterocycles. The first-order chi connectivity index (χ1) is 7.51. The van der Waals surface area contributed by atoms with E-state index >= 15 is 0 Å². The van der Waals surface area contributed by atoms with E-state index in [0.29, 0.717) is 12.5 Å². The van der Waals surface area contributed by atoms with E-state index < -0.39 is 28.9 Å². The second-order valence-electron chi connectivity index (χ2n) is 3.09. The van der Waals surface area contributed by atoms with Crippen LogP contribution in [-0.4, -0.2) is 23.3 Å². The van der Waals surface area contributed by atoms with Crippen molar-refractivity contribution in [2.75, 3.05) is 0 Å². The van der Waals surface area contributed by atoms with Gasteiger partial charge in [-0.3, -0.25) is 4.98 Å². The summed E-state index contributed by atoms with van der Waals surface area (Å²) < 4.78 is 98.3. The van der Waals surface area contributed by atoms with Crippen LogP contribution in [0.2, 0.25) is 0 Å². The fourth-order valence-corrected chi connectivity index (χ4v) is 0.968. The maximum Gasteiger partial charge on any atom is 0.456 e. The van der Waals surface area contributed by atoms with E-state index in [4.69, 9.17) is 0 Å². The zero-order valence-electron chi connectivity index (χ0n) is 7.78. The molecule has 1 aromatic heterocycles. The molecule has 1 rings (SSSR count). The Morgan fingerprint density at radius 2 is 1.53 bits per heavy atom. The molecule has 1 aromatic rings. The first-order valence-corrected chi connectivity index (χ1v) is 4.02. The molecule has 1 unspecified atom stereocenters. The molecule has 0 bridgehead atoms. The van der Waals surface area contributed by atoms with Crippen LogP contribution < -0.4 is 4.57 Å². The normalized spacial score (nSPS) is 16.0. The molecule has 1 N–H and O–H groups in total. The Balaban J connectivity index is 3.09. The number of hydrogen-bond donors (Lipinski definition) is 1. The number of imidazole rings is 1. The minimum Gasteiger partial charge on any atom is -0.250 e. The molecule has 17 heavy (non-hydrogen) atoms. The van der Waals surface area contributed by atoms with E-state index in [2.05, 4.69) is 0 Å². The molecule has 0 radical (unpaired) electrons. The van der Waals surface area contributed by atoms with Crippen LogP contribution in [0, 0.1) is 0 Å². The van der Waals surface area contributed by atoms with Crippen molar-refractivity contribution in [3.05, 3.63) is 18.7 Å². The third kappa shape index (κ3) is 2.20. The predicted molar refractivity (Wildman–Crippen MR) is 37.1 cm³/mol. The summed E-state index contributed by atoms with van der Waals surface area (Å²) >= 11 is 0. The van der Waals surface area contributed by atoms with Crippen LogP contribution in [-0.2, 0) is 6.05 Å². The molecular weight excluding hydrogens is 264 g/mol. The van der Waals surface area contributed by atoms with Gasteiger partial charge >= 0.3 is 18.1 Å². The molecule has 0 aliphatic carbocycles. The van der Waals surface area contributed by atoms with Gasteiger partial charge in [0.25, 0.3) is 6.17 Å². The van der Waals surface area contributed by atoms with Gasteiger partial charge in [-0.05, 0) is 0 Å². The molecule has 10 heteroatoms. The number of rotatable bonds is 3. The number of halogens is 8. The maximum absolute atomic E-state index is 13.0. The lowest BCUT2D eigenvalue weighted by molar-refractivity contribution is -0.833. The smallest absolute Gasteiger partial charge is 0.250 e. The highest BCUT2D eigenvalue weighted by atomic mass is 19.4. The molecular formula is C7H5F8N2+. The van der Waals surface area contributed by atoms with Crippen LogP contribution in [0.25, 0.3) is 0 Å². The molecule has 98 valence electrons. The second kappa shape index (κ2) is 3.84. The number of hydrogen-bond acceptors (Lipinski definition) is 0. The lowest BCUT2D eigenvalue weighted by atomic mass is 10.1. The highest BCUT2D eigenvalue weighted by Crippen LogP contribution is 2.44. The van der Waals surface area contributed by atoms with Gasteiger partial charge in [0.2, 0.25) is 6.33 Å². The molecule has 2 nitrogen and oxygen atoms in total. The zero-order valence-corrected chi connectivity index (χ0v) is 7.78. The highest BCUT2D eigenvalue weighted by molar-refractivity contribution is 4.87. The van der Waals surface area contributed by atoms with Crippen LogP contribution >= 0.6 is 0 Å². The quantitative estimate of drug-likeness (QED) is 0.642. The second-order valence-corrected chi connectivity index (χ2v) is 3.09. The number of nitrogens with zero attached hydrogens (tertiary/aromatic N) is 1. The van der Waals surface area contributed by atoms with Crippen molar-refractivity contribution in [2.24, 2.45) is 0 Å². The molecule has 0 amide bonds. The van der Waals surface area contributed by atoms with Crippen molar-refractivity contribution in [3.63, 3.8) is 0 Å². The van der Waals surface area contributed by atoms with Crippen LogP contribution in [0.4, 0.5) is 35.1 Å². The summed E-state index contributed by atoms with van der Waals surface area (Å²) in [5.74, 6) is -6.15. The Morgan fingerprint density at radius 1 is 1.00 bits per heavy atom. The SMILES string of the molecule is FC(C(F)(F)[n+]1cc[nH]c1)C(F)(F)C(F)(F)F. The van der Waals surface area contributed by atoms with E-state index in [-0.39, 0.29) is 0 Å². The Morgan fingerprint density at radius 3 is 1.88 bits per heavy atom. The topological polar surface area (TPSA) is 19.7 Å². The average molecular weight is 269 g/mol. The minimum atomic E-state index is -6.40. The fraction of sp³-hybridized carbons (Fsp3) is 0.571. The van der Waals surface area contributed by atoms with E-state index in [1.807, 2.05) is 4.98 Å². The molecule has 1 atom stereocenters. The van der Waals surface area contributed by atoms with Gasteiger partial charge < -0.3 is 0 Å². The molecule has 0 aliphatic rings. The monoisotopic (exact) mass is 269 g/mol. The van der Waals surface area contributed by atoms with Gasteiger partial charge in [-0.2, -0.15) is 35.3 Å². The van der Waals surface area contributed by atoms with E-state index in [9.17, 15) is 35.1 Å². The van der Waals surface area contributed by atoms with E-state index in [0.717, 1.165) is 6.20 Å². The fourth-order valence-electron chi connectivity index (χ4n) is 0.968. The van der Waals surface area contributed by atoms with Crippen LogP contribution in [0.3, 0.4) is 0 Å². The lowest BCUT2D eigenvalue weighted by Crippen LogP contribution is -2.62. The Hall–Kier alpha value is -1.35. The summed E-state index contributed by atoms with van der Waals surface area (Å²) in [5.41, 5.74) is 0. The van der Waals surface area contributed by atoms with Crippen molar-refractivity contribution in [1.82, 2.24) is 4.98 Å².